The molecule has 0 spiro atoms. The number of rotatable bonds is 3. The number of halogens is 1. The van der Waals surface area contributed by atoms with Gasteiger partial charge in [-0.05, 0) is 25.7 Å². The zero-order valence-corrected chi connectivity index (χ0v) is 15.5. The SMILES string of the molecule is CN=C(NCC1CCCC1O)N1CCN(C2CC2)C(=O)C1.I. The number of aliphatic hydroxyl groups is 1. The van der Waals surface area contributed by atoms with E-state index in [9.17, 15) is 9.90 Å². The molecule has 22 heavy (non-hydrogen) atoms. The summed E-state index contributed by atoms with van der Waals surface area (Å²) in [6, 6.07) is 0.503. The van der Waals surface area contributed by atoms with Crippen LogP contribution < -0.4 is 5.32 Å². The van der Waals surface area contributed by atoms with Gasteiger partial charge in [0, 0.05) is 38.6 Å². The van der Waals surface area contributed by atoms with Gasteiger partial charge in [-0.25, -0.2) is 0 Å². The number of nitrogens with zero attached hydrogens (tertiary/aromatic N) is 3. The Bertz CT molecular complexity index is 428. The van der Waals surface area contributed by atoms with Crippen LogP contribution in [0, 0.1) is 5.92 Å². The van der Waals surface area contributed by atoms with Gasteiger partial charge >= 0.3 is 0 Å². The average molecular weight is 422 g/mol. The van der Waals surface area contributed by atoms with E-state index < -0.39 is 0 Å². The summed E-state index contributed by atoms with van der Waals surface area (Å²) >= 11 is 0. The fourth-order valence-corrected chi connectivity index (χ4v) is 3.45. The molecular formula is C15H27IN4O2. The Kier molecular flexibility index (Phi) is 6.31. The van der Waals surface area contributed by atoms with Crippen LogP contribution >= 0.6 is 24.0 Å². The minimum Gasteiger partial charge on any atom is -0.393 e. The van der Waals surface area contributed by atoms with Crippen molar-refractivity contribution in [3.05, 3.63) is 0 Å². The number of piperazine rings is 1. The van der Waals surface area contributed by atoms with Crippen molar-refractivity contribution in [3.63, 3.8) is 0 Å². The van der Waals surface area contributed by atoms with E-state index in [4.69, 9.17) is 0 Å². The lowest BCUT2D eigenvalue weighted by atomic mass is 10.1. The maximum absolute atomic E-state index is 12.2. The van der Waals surface area contributed by atoms with E-state index in [0.29, 0.717) is 18.5 Å². The molecule has 0 aromatic heterocycles. The lowest BCUT2D eigenvalue weighted by Crippen LogP contribution is -2.56. The minimum atomic E-state index is -0.191. The van der Waals surface area contributed by atoms with Gasteiger partial charge in [-0.3, -0.25) is 9.79 Å². The van der Waals surface area contributed by atoms with E-state index >= 15 is 0 Å². The van der Waals surface area contributed by atoms with Gasteiger partial charge in [0.25, 0.3) is 0 Å². The van der Waals surface area contributed by atoms with Crippen LogP contribution in [-0.4, -0.2) is 72.1 Å². The number of aliphatic hydroxyl groups excluding tert-OH is 1. The third-order valence-corrected chi connectivity index (χ3v) is 4.90. The highest BCUT2D eigenvalue weighted by Crippen LogP contribution is 2.28. The molecule has 1 aliphatic heterocycles. The number of carbonyl (C=O) groups is 1. The minimum absolute atomic E-state index is 0. The fraction of sp³-hybridized carbons (Fsp3) is 0.867. The van der Waals surface area contributed by atoms with E-state index in [0.717, 1.165) is 57.7 Å². The fourth-order valence-electron chi connectivity index (χ4n) is 3.45. The number of nitrogens with one attached hydrogen (secondary N) is 1. The summed E-state index contributed by atoms with van der Waals surface area (Å²) in [5.74, 6) is 1.32. The van der Waals surface area contributed by atoms with Crippen molar-refractivity contribution < 1.29 is 9.90 Å². The second-order valence-corrected chi connectivity index (χ2v) is 6.43. The number of carbonyl (C=O) groups excluding carboxylic acids is 1. The molecule has 1 heterocycles. The zero-order chi connectivity index (χ0) is 14.8. The quantitative estimate of drug-likeness (QED) is 0.398. The maximum atomic E-state index is 12.2. The van der Waals surface area contributed by atoms with Gasteiger partial charge in [-0.15, -0.1) is 24.0 Å². The molecule has 2 atom stereocenters. The number of hydrogen-bond acceptors (Lipinski definition) is 3. The highest BCUT2D eigenvalue weighted by atomic mass is 127. The number of aliphatic imine (C=N–C) groups is 1. The number of guanidine groups is 1. The first-order valence-corrected chi connectivity index (χ1v) is 8.12. The van der Waals surface area contributed by atoms with Crippen LogP contribution in [0.4, 0.5) is 0 Å². The van der Waals surface area contributed by atoms with E-state index in [1.54, 1.807) is 7.05 Å². The molecule has 0 bridgehead atoms. The molecule has 1 saturated heterocycles. The first-order valence-electron chi connectivity index (χ1n) is 8.12. The predicted octanol–water partition coefficient (Wildman–Crippen LogP) is 0.647. The Hall–Kier alpha value is -0.570. The third kappa shape index (κ3) is 4.04. The summed E-state index contributed by atoms with van der Waals surface area (Å²) in [4.78, 5) is 20.5. The second kappa shape index (κ2) is 7.81. The van der Waals surface area contributed by atoms with E-state index in [1.165, 1.54) is 0 Å². The van der Waals surface area contributed by atoms with Crippen molar-refractivity contribution in [2.45, 2.75) is 44.2 Å². The van der Waals surface area contributed by atoms with Crippen LogP contribution in [0.3, 0.4) is 0 Å². The standard InChI is InChI=1S/C15H26N4O2.HI/c1-16-15(17-9-11-3-2-4-13(11)20)18-7-8-19(12-5-6-12)14(21)10-18;/h11-13,20H,2-10H2,1H3,(H,16,17);1H. The highest BCUT2D eigenvalue weighted by molar-refractivity contribution is 14.0. The van der Waals surface area contributed by atoms with E-state index in [-0.39, 0.29) is 36.0 Å². The summed E-state index contributed by atoms with van der Waals surface area (Å²) in [6.07, 6.45) is 5.22. The van der Waals surface area contributed by atoms with Gasteiger partial charge < -0.3 is 20.2 Å². The summed E-state index contributed by atoms with van der Waals surface area (Å²) in [6.45, 7) is 2.81. The monoisotopic (exact) mass is 422 g/mol. The van der Waals surface area contributed by atoms with Crippen molar-refractivity contribution in [2.24, 2.45) is 10.9 Å². The Morgan fingerprint density at radius 3 is 2.64 bits per heavy atom. The van der Waals surface area contributed by atoms with Crippen LogP contribution in [0.25, 0.3) is 0 Å². The van der Waals surface area contributed by atoms with Crippen molar-refractivity contribution in [1.82, 2.24) is 15.1 Å². The van der Waals surface area contributed by atoms with E-state index in [1.807, 2.05) is 9.80 Å². The van der Waals surface area contributed by atoms with Crippen molar-refractivity contribution in [3.8, 4) is 0 Å². The maximum Gasteiger partial charge on any atom is 0.242 e. The molecule has 7 heteroatoms. The molecule has 3 fully saturated rings. The Morgan fingerprint density at radius 1 is 1.32 bits per heavy atom. The molecule has 2 unspecified atom stereocenters. The lowest BCUT2D eigenvalue weighted by Gasteiger charge is -2.36. The zero-order valence-electron chi connectivity index (χ0n) is 13.2. The molecule has 3 rings (SSSR count). The summed E-state index contributed by atoms with van der Waals surface area (Å²) in [7, 11) is 1.76. The molecule has 0 radical (unpaired) electrons. The normalized spacial score (nSPS) is 29.5. The Labute approximate surface area is 149 Å². The predicted molar refractivity (Wildman–Crippen MR) is 96.4 cm³/mol. The van der Waals surface area contributed by atoms with Crippen molar-refractivity contribution >= 4 is 35.8 Å². The summed E-state index contributed by atoms with van der Waals surface area (Å²) in [5.41, 5.74) is 0. The van der Waals surface area contributed by atoms with E-state index in [2.05, 4.69) is 10.3 Å². The van der Waals surface area contributed by atoms with Gasteiger partial charge in [0.1, 0.15) is 0 Å². The average Bonchev–Trinajstić information content (AvgIpc) is 3.23. The summed E-state index contributed by atoms with van der Waals surface area (Å²) in [5, 5.41) is 13.2. The van der Waals surface area contributed by atoms with Crippen LogP contribution in [0.1, 0.15) is 32.1 Å². The largest absolute Gasteiger partial charge is 0.393 e. The molecule has 2 N–H and O–H groups in total. The number of amides is 1. The highest BCUT2D eigenvalue weighted by Gasteiger charge is 2.36. The Balaban J connectivity index is 0.00000176. The topological polar surface area (TPSA) is 68.2 Å². The second-order valence-electron chi connectivity index (χ2n) is 6.43. The molecule has 1 amide bonds. The molecular weight excluding hydrogens is 395 g/mol. The van der Waals surface area contributed by atoms with Gasteiger partial charge in [0.2, 0.25) is 5.91 Å². The number of hydrogen-bond donors (Lipinski definition) is 2. The molecule has 2 aliphatic carbocycles. The van der Waals surface area contributed by atoms with Crippen LogP contribution in [0.5, 0.6) is 0 Å². The van der Waals surface area contributed by atoms with Crippen LogP contribution in [0.2, 0.25) is 0 Å². The van der Waals surface area contributed by atoms with Gasteiger partial charge in [-0.2, -0.15) is 0 Å². The molecule has 0 aromatic rings. The van der Waals surface area contributed by atoms with Crippen molar-refractivity contribution in [1.29, 1.82) is 0 Å². The van der Waals surface area contributed by atoms with Crippen molar-refractivity contribution in [2.75, 3.05) is 33.2 Å². The third-order valence-electron chi connectivity index (χ3n) is 4.90. The smallest absolute Gasteiger partial charge is 0.242 e. The molecule has 0 aromatic carbocycles. The Morgan fingerprint density at radius 2 is 2.09 bits per heavy atom. The van der Waals surface area contributed by atoms with Gasteiger partial charge in [-0.1, -0.05) is 6.42 Å². The first kappa shape index (κ1) is 17.8. The molecule has 3 aliphatic rings. The summed E-state index contributed by atoms with van der Waals surface area (Å²) < 4.78 is 0. The van der Waals surface area contributed by atoms with Gasteiger partial charge in [0.15, 0.2) is 5.96 Å². The lowest BCUT2D eigenvalue weighted by molar-refractivity contribution is -0.135. The molecule has 126 valence electrons. The van der Waals surface area contributed by atoms with Crippen LogP contribution in [-0.2, 0) is 4.79 Å². The first-order chi connectivity index (χ1) is 10.2. The molecule has 2 saturated carbocycles. The van der Waals surface area contributed by atoms with Crippen LogP contribution in [0.15, 0.2) is 4.99 Å². The van der Waals surface area contributed by atoms with Gasteiger partial charge in [0.05, 0.1) is 12.6 Å². The molecule has 6 nitrogen and oxygen atoms in total.